The van der Waals surface area contributed by atoms with Gasteiger partial charge >= 0.3 is 0 Å². The summed E-state index contributed by atoms with van der Waals surface area (Å²) in [6.07, 6.45) is 1.51. The molecule has 29 heavy (non-hydrogen) atoms. The monoisotopic (exact) mass is 447 g/mol. The van der Waals surface area contributed by atoms with Crippen molar-refractivity contribution >= 4 is 60.7 Å². The topological polar surface area (TPSA) is 101 Å². The standard InChI is InChI=1S/C19H14ClN3O4S2/c1-11-15-10-12(20)2-7-16(15)27-17(11)18(24)22-13-3-5-14(6-4-13)29(25,26)23-19-21-8-9-28-19/h2-10H,1H3,(H,21,23)(H,22,24). The second kappa shape index (κ2) is 7.51. The number of nitrogens with one attached hydrogen (secondary N) is 2. The first-order valence-corrected chi connectivity index (χ1v) is 11.1. The molecule has 4 aromatic rings. The summed E-state index contributed by atoms with van der Waals surface area (Å²) < 4.78 is 32.8. The smallest absolute Gasteiger partial charge is 0.291 e. The molecule has 0 saturated heterocycles. The van der Waals surface area contributed by atoms with E-state index in [0.29, 0.717) is 21.9 Å². The first kappa shape index (κ1) is 19.4. The van der Waals surface area contributed by atoms with E-state index in [-0.39, 0.29) is 15.8 Å². The van der Waals surface area contributed by atoms with Crippen molar-refractivity contribution in [3.8, 4) is 0 Å². The van der Waals surface area contributed by atoms with Gasteiger partial charge in [0.2, 0.25) is 0 Å². The molecular weight excluding hydrogens is 434 g/mol. The number of sulfonamides is 1. The lowest BCUT2D eigenvalue weighted by atomic mass is 10.1. The molecule has 0 bridgehead atoms. The number of rotatable bonds is 5. The van der Waals surface area contributed by atoms with Crippen molar-refractivity contribution in [3.05, 3.63) is 70.4 Å². The fourth-order valence-electron chi connectivity index (χ4n) is 2.76. The van der Waals surface area contributed by atoms with Gasteiger partial charge in [0.15, 0.2) is 10.9 Å². The van der Waals surface area contributed by atoms with Crippen LogP contribution in [0.25, 0.3) is 11.0 Å². The number of furan rings is 1. The molecule has 0 aliphatic heterocycles. The molecule has 148 valence electrons. The molecular formula is C19H14ClN3O4S2. The maximum atomic E-state index is 12.6. The summed E-state index contributed by atoms with van der Waals surface area (Å²) in [5.41, 5.74) is 1.67. The molecule has 10 heteroatoms. The van der Waals surface area contributed by atoms with Gasteiger partial charge in [-0.3, -0.25) is 9.52 Å². The number of hydrogen-bond donors (Lipinski definition) is 2. The molecule has 1 amide bonds. The molecule has 0 atom stereocenters. The molecule has 0 radical (unpaired) electrons. The minimum atomic E-state index is -3.75. The fourth-order valence-corrected chi connectivity index (χ4v) is 4.72. The number of carbonyl (C=O) groups is 1. The third-order valence-corrected chi connectivity index (χ3v) is 6.59. The van der Waals surface area contributed by atoms with Crippen LogP contribution in [0.1, 0.15) is 16.1 Å². The molecule has 0 saturated carbocycles. The number of hydrogen-bond acceptors (Lipinski definition) is 6. The van der Waals surface area contributed by atoms with E-state index in [2.05, 4.69) is 15.0 Å². The number of aromatic nitrogens is 1. The van der Waals surface area contributed by atoms with E-state index in [0.717, 1.165) is 5.39 Å². The van der Waals surface area contributed by atoms with Gasteiger partial charge in [-0.05, 0) is 49.4 Å². The predicted molar refractivity (Wildman–Crippen MR) is 113 cm³/mol. The van der Waals surface area contributed by atoms with Crippen LogP contribution in [0, 0.1) is 6.92 Å². The van der Waals surface area contributed by atoms with E-state index in [4.69, 9.17) is 16.0 Å². The lowest BCUT2D eigenvalue weighted by Crippen LogP contribution is -2.14. The van der Waals surface area contributed by atoms with Gasteiger partial charge in [0, 0.05) is 33.2 Å². The maximum Gasteiger partial charge on any atom is 0.291 e. The van der Waals surface area contributed by atoms with Gasteiger partial charge in [0.1, 0.15) is 5.58 Å². The van der Waals surface area contributed by atoms with Gasteiger partial charge in [-0.2, -0.15) is 0 Å². The predicted octanol–water partition coefficient (Wildman–Crippen LogP) is 4.90. The Kier molecular flexibility index (Phi) is 5.03. The second-order valence-electron chi connectivity index (χ2n) is 6.12. The zero-order chi connectivity index (χ0) is 20.6. The van der Waals surface area contributed by atoms with Crippen LogP contribution >= 0.6 is 22.9 Å². The Morgan fingerprint density at radius 2 is 1.93 bits per heavy atom. The van der Waals surface area contributed by atoms with Crippen LogP contribution in [-0.4, -0.2) is 19.3 Å². The average Bonchev–Trinajstić information content (AvgIpc) is 3.30. The van der Waals surface area contributed by atoms with Crippen molar-refractivity contribution < 1.29 is 17.6 Å². The number of amides is 1. The van der Waals surface area contributed by atoms with Crippen LogP contribution in [0.3, 0.4) is 0 Å². The molecule has 7 nitrogen and oxygen atoms in total. The Balaban J connectivity index is 1.53. The van der Waals surface area contributed by atoms with E-state index < -0.39 is 15.9 Å². The highest BCUT2D eigenvalue weighted by Crippen LogP contribution is 2.28. The number of fused-ring (bicyclic) bond motifs is 1. The summed E-state index contributed by atoms with van der Waals surface area (Å²) >= 11 is 7.19. The van der Waals surface area contributed by atoms with Gasteiger partial charge in [-0.25, -0.2) is 13.4 Å². The molecule has 0 aliphatic rings. The fraction of sp³-hybridized carbons (Fsp3) is 0.0526. The largest absolute Gasteiger partial charge is 0.451 e. The summed E-state index contributed by atoms with van der Waals surface area (Å²) in [5.74, 6) is -0.268. The van der Waals surface area contributed by atoms with E-state index in [1.165, 1.54) is 41.8 Å². The number of halogens is 1. The van der Waals surface area contributed by atoms with E-state index in [1.54, 1.807) is 30.5 Å². The van der Waals surface area contributed by atoms with Crippen molar-refractivity contribution in [2.24, 2.45) is 0 Å². The normalized spacial score (nSPS) is 11.5. The van der Waals surface area contributed by atoms with Crippen LogP contribution in [0.5, 0.6) is 0 Å². The highest BCUT2D eigenvalue weighted by molar-refractivity contribution is 7.93. The Bertz CT molecular complexity index is 1300. The summed E-state index contributed by atoms with van der Waals surface area (Å²) in [6, 6.07) is 10.9. The van der Waals surface area contributed by atoms with Crippen molar-refractivity contribution in [2.75, 3.05) is 10.0 Å². The molecule has 2 aromatic carbocycles. The van der Waals surface area contributed by atoms with Crippen molar-refractivity contribution in [1.82, 2.24) is 4.98 Å². The number of aryl methyl sites for hydroxylation is 1. The maximum absolute atomic E-state index is 12.6. The summed E-state index contributed by atoms with van der Waals surface area (Å²) in [7, 11) is -3.75. The van der Waals surface area contributed by atoms with Crippen LogP contribution in [0.15, 0.2) is 63.4 Å². The lowest BCUT2D eigenvalue weighted by molar-refractivity contribution is 0.0998. The van der Waals surface area contributed by atoms with E-state index in [1.807, 2.05) is 0 Å². The molecule has 0 fully saturated rings. The number of carbonyl (C=O) groups excluding carboxylic acids is 1. The summed E-state index contributed by atoms with van der Waals surface area (Å²) in [5, 5.41) is 5.97. The molecule has 2 N–H and O–H groups in total. The number of nitrogens with zero attached hydrogens (tertiary/aromatic N) is 1. The molecule has 2 aromatic heterocycles. The van der Waals surface area contributed by atoms with Crippen molar-refractivity contribution in [1.29, 1.82) is 0 Å². The summed E-state index contributed by atoms with van der Waals surface area (Å²) in [4.78, 5) is 16.6. The minimum Gasteiger partial charge on any atom is -0.451 e. The third-order valence-electron chi connectivity index (χ3n) is 4.18. The molecule has 0 aliphatic carbocycles. The van der Waals surface area contributed by atoms with Crippen LogP contribution < -0.4 is 10.0 Å². The number of benzene rings is 2. The third kappa shape index (κ3) is 3.98. The Labute approximate surface area is 175 Å². The molecule has 0 spiro atoms. The summed E-state index contributed by atoms with van der Waals surface area (Å²) in [6.45, 7) is 1.77. The first-order valence-electron chi connectivity index (χ1n) is 8.36. The highest BCUT2D eigenvalue weighted by Gasteiger charge is 2.19. The van der Waals surface area contributed by atoms with Crippen LogP contribution in [-0.2, 0) is 10.0 Å². The van der Waals surface area contributed by atoms with Gasteiger partial charge < -0.3 is 9.73 Å². The molecule has 4 rings (SSSR count). The minimum absolute atomic E-state index is 0.0558. The van der Waals surface area contributed by atoms with Gasteiger partial charge in [0.05, 0.1) is 4.90 Å². The highest BCUT2D eigenvalue weighted by atomic mass is 35.5. The van der Waals surface area contributed by atoms with Gasteiger partial charge in [-0.1, -0.05) is 11.6 Å². The van der Waals surface area contributed by atoms with Gasteiger partial charge in [0.25, 0.3) is 15.9 Å². The van der Waals surface area contributed by atoms with E-state index >= 15 is 0 Å². The number of thiazole rings is 1. The van der Waals surface area contributed by atoms with Crippen molar-refractivity contribution in [2.45, 2.75) is 11.8 Å². The van der Waals surface area contributed by atoms with E-state index in [9.17, 15) is 13.2 Å². The first-order chi connectivity index (χ1) is 13.8. The SMILES string of the molecule is Cc1c(C(=O)Nc2ccc(S(=O)(=O)Nc3nccs3)cc2)oc2ccc(Cl)cc12. The van der Waals surface area contributed by atoms with Crippen molar-refractivity contribution in [3.63, 3.8) is 0 Å². The Morgan fingerprint density at radius 3 is 2.62 bits per heavy atom. The van der Waals surface area contributed by atoms with Gasteiger partial charge in [-0.15, -0.1) is 11.3 Å². The average molecular weight is 448 g/mol. The van der Waals surface area contributed by atoms with Crippen LogP contribution in [0.4, 0.5) is 10.8 Å². The zero-order valence-electron chi connectivity index (χ0n) is 15.0. The number of anilines is 2. The molecule has 0 unspecified atom stereocenters. The lowest BCUT2D eigenvalue weighted by Gasteiger charge is -2.07. The van der Waals surface area contributed by atoms with Crippen LogP contribution in [0.2, 0.25) is 5.02 Å². The zero-order valence-corrected chi connectivity index (χ0v) is 17.4. The second-order valence-corrected chi connectivity index (χ2v) is 9.13. The quantitative estimate of drug-likeness (QED) is 0.453. The Hall–Kier alpha value is -2.88. The molecule has 2 heterocycles. The Morgan fingerprint density at radius 1 is 1.17 bits per heavy atom.